The van der Waals surface area contributed by atoms with Gasteiger partial charge in [0.05, 0.1) is 18.3 Å². The molecule has 1 aliphatic carbocycles. The minimum atomic E-state index is -0.729. The Bertz CT molecular complexity index is 809. The van der Waals surface area contributed by atoms with Crippen LogP contribution in [0.2, 0.25) is 0 Å². The predicted octanol–water partition coefficient (Wildman–Crippen LogP) is 1.53. The zero-order valence-electron chi connectivity index (χ0n) is 15.4. The Morgan fingerprint density at radius 3 is 2.81 bits per heavy atom. The molecule has 3 heterocycles. The van der Waals surface area contributed by atoms with E-state index in [1.165, 1.54) is 0 Å². The molecule has 1 atom stereocenters. The highest BCUT2D eigenvalue weighted by Gasteiger charge is 2.33. The van der Waals surface area contributed by atoms with Crippen LogP contribution in [0.25, 0.3) is 11.3 Å². The molecule has 0 radical (unpaired) electrons. The monoisotopic (exact) mass is 370 g/mol. The minimum absolute atomic E-state index is 0.0588. The molecule has 1 saturated carbocycles. The highest BCUT2D eigenvalue weighted by Crippen LogP contribution is 2.28. The summed E-state index contributed by atoms with van der Waals surface area (Å²) in [6, 6.07) is 7.64. The predicted molar refractivity (Wildman–Crippen MR) is 101 cm³/mol. The number of nitrogens with one attached hydrogen (secondary N) is 1. The van der Waals surface area contributed by atoms with E-state index in [1.807, 2.05) is 12.1 Å². The lowest BCUT2D eigenvalue weighted by molar-refractivity contribution is 0.0232. The van der Waals surface area contributed by atoms with E-state index in [9.17, 15) is 9.90 Å². The standard InChI is InChI=1S/C20H26N4O3/c25-19-8-7-18(15-2-1-10-21-12-15)23-24(19)17-5-3-16(4-6-17)22-13-20(26)9-11-27-14-20/h1-2,7-8,10,12,16-17,22,26H,3-6,9,11,13-14H2. The first-order valence-corrected chi connectivity index (χ1v) is 9.67. The van der Waals surface area contributed by atoms with Crippen molar-refractivity contribution >= 4 is 0 Å². The molecular weight excluding hydrogens is 344 g/mol. The number of hydrogen-bond donors (Lipinski definition) is 2. The van der Waals surface area contributed by atoms with Gasteiger partial charge in [0.1, 0.15) is 5.60 Å². The van der Waals surface area contributed by atoms with Gasteiger partial charge in [-0.2, -0.15) is 5.10 Å². The van der Waals surface area contributed by atoms with E-state index in [-0.39, 0.29) is 11.6 Å². The molecule has 27 heavy (non-hydrogen) atoms. The van der Waals surface area contributed by atoms with Gasteiger partial charge in [0.15, 0.2) is 0 Å². The average Bonchev–Trinajstić information content (AvgIpc) is 3.15. The number of ether oxygens (including phenoxy) is 1. The lowest BCUT2D eigenvalue weighted by Crippen LogP contribution is -2.46. The van der Waals surface area contributed by atoms with Crippen LogP contribution in [0.1, 0.15) is 38.1 Å². The fourth-order valence-electron chi connectivity index (χ4n) is 3.95. The van der Waals surface area contributed by atoms with Gasteiger partial charge >= 0.3 is 0 Å². The number of nitrogens with zero attached hydrogens (tertiary/aromatic N) is 3. The first-order chi connectivity index (χ1) is 13.1. The van der Waals surface area contributed by atoms with Crippen LogP contribution in [0.4, 0.5) is 0 Å². The van der Waals surface area contributed by atoms with Gasteiger partial charge in [0, 0.05) is 49.6 Å². The van der Waals surface area contributed by atoms with Crippen molar-refractivity contribution in [3.63, 3.8) is 0 Å². The van der Waals surface area contributed by atoms with Gasteiger partial charge < -0.3 is 15.2 Å². The summed E-state index contributed by atoms with van der Waals surface area (Å²) < 4.78 is 6.93. The van der Waals surface area contributed by atoms with Crippen molar-refractivity contribution in [2.45, 2.75) is 49.8 Å². The van der Waals surface area contributed by atoms with Crippen LogP contribution < -0.4 is 10.9 Å². The Labute approximate surface area is 158 Å². The van der Waals surface area contributed by atoms with Crippen molar-refractivity contribution in [1.29, 1.82) is 0 Å². The largest absolute Gasteiger partial charge is 0.386 e. The lowest BCUT2D eigenvalue weighted by Gasteiger charge is -2.32. The van der Waals surface area contributed by atoms with Crippen LogP contribution in [-0.2, 0) is 4.74 Å². The number of pyridine rings is 1. The van der Waals surface area contributed by atoms with E-state index in [4.69, 9.17) is 4.74 Å². The molecule has 4 rings (SSSR count). The van der Waals surface area contributed by atoms with Gasteiger partial charge in [-0.3, -0.25) is 9.78 Å². The Balaban J connectivity index is 1.38. The molecule has 0 spiro atoms. The van der Waals surface area contributed by atoms with E-state index in [2.05, 4.69) is 15.4 Å². The summed E-state index contributed by atoms with van der Waals surface area (Å²) in [5, 5.41) is 18.5. The molecule has 2 N–H and O–H groups in total. The van der Waals surface area contributed by atoms with Crippen LogP contribution in [0.3, 0.4) is 0 Å². The molecule has 7 nitrogen and oxygen atoms in total. The fraction of sp³-hybridized carbons (Fsp3) is 0.550. The molecule has 1 unspecified atom stereocenters. The van der Waals surface area contributed by atoms with Crippen molar-refractivity contribution in [2.75, 3.05) is 19.8 Å². The van der Waals surface area contributed by atoms with Crippen molar-refractivity contribution in [1.82, 2.24) is 20.1 Å². The zero-order valence-corrected chi connectivity index (χ0v) is 15.4. The highest BCUT2D eigenvalue weighted by atomic mass is 16.5. The van der Waals surface area contributed by atoms with E-state index >= 15 is 0 Å². The average molecular weight is 370 g/mol. The Morgan fingerprint density at radius 2 is 2.11 bits per heavy atom. The quantitative estimate of drug-likeness (QED) is 0.830. The normalized spacial score (nSPS) is 28.3. The third-order valence-corrected chi connectivity index (χ3v) is 5.63. The molecule has 0 amide bonds. The molecule has 1 saturated heterocycles. The first-order valence-electron chi connectivity index (χ1n) is 9.67. The molecule has 2 aliphatic rings. The molecule has 144 valence electrons. The van der Waals surface area contributed by atoms with Crippen LogP contribution in [0.5, 0.6) is 0 Å². The van der Waals surface area contributed by atoms with Gasteiger partial charge in [-0.15, -0.1) is 0 Å². The third kappa shape index (κ3) is 4.26. The number of aromatic nitrogens is 3. The second-order valence-electron chi connectivity index (χ2n) is 7.66. The maximum Gasteiger partial charge on any atom is 0.267 e. The summed E-state index contributed by atoms with van der Waals surface area (Å²) in [5.41, 5.74) is 0.893. The summed E-state index contributed by atoms with van der Waals surface area (Å²) in [7, 11) is 0. The Morgan fingerprint density at radius 1 is 1.26 bits per heavy atom. The van der Waals surface area contributed by atoms with Crippen LogP contribution in [-0.4, -0.2) is 51.3 Å². The number of rotatable bonds is 5. The van der Waals surface area contributed by atoms with E-state index in [0.717, 1.165) is 36.9 Å². The van der Waals surface area contributed by atoms with Crippen molar-refractivity contribution in [2.24, 2.45) is 0 Å². The molecule has 7 heteroatoms. The number of aliphatic hydroxyl groups is 1. The zero-order chi connectivity index (χ0) is 18.7. The summed E-state index contributed by atoms with van der Waals surface area (Å²) in [4.78, 5) is 16.5. The van der Waals surface area contributed by atoms with Gasteiger partial charge in [-0.05, 0) is 43.9 Å². The highest BCUT2D eigenvalue weighted by molar-refractivity contribution is 5.56. The van der Waals surface area contributed by atoms with Gasteiger partial charge in [0.2, 0.25) is 0 Å². The van der Waals surface area contributed by atoms with E-state index in [1.54, 1.807) is 29.2 Å². The van der Waals surface area contributed by atoms with Gasteiger partial charge in [-0.1, -0.05) is 0 Å². The summed E-state index contributed by atoms with van der Waals surface area (Å²) in [5.74, 6) is 0. The molecule has 2 fully saturated rings. The smallest absolute Gasteiger partial charge is 0.267 e. The maximum atomic E-state index is 12.3. The van der Waals surface area contributed by atoms with Crippen LogP contribution in [0, 0.1) is 0 Å². The molecule has 0 aromatic carbocycles. The molecule has 0 bridgehead atoms. The topological polar surface area (TPSA) is 89.3 Å². The Hall–Kier alpha value is -2.09. The fourth-order valence-corrected chi connectivity index (χ4v) is 3.95. The van der Waals surface area contributed by atoms with Crippen LogP contribution in [0.15, 0.2) is 41.5 Å². The van der Waals surface area contributed by atoms with Crippen LogP contribution >= 0.6 is 0 Å². The third-order valence-electron chi connectivity index (χ3n) is 5.63. The summed E-state index contributed by atoms with van der Waals surface area (Å²) in [6.07, 6.45) is 7.90. The second-order valence-corrected chi connectivity index (χ2v) is 7.66. The van der Waals surface area contributed by atoms with Crippen molar-refractivity contribution < 1.29 is 9.84 Å². The lowest BCUT2D eigenvalue weighted by atomic mass is 9.90. The van der Waals surface area contributed by atoms with E-state index in [0.29, 0.717) is 32.2 Å². The van der Waals surface area contributed by atoms with Gasteiger partial charge in [-0.25, -0.2) is 4.68 Å². The second kappa shape index (κ2) is 7.88. The SMILES string of the molecule is O=c1ccc(-c2cccnc2)nn1C1CCC(NCC2(O)CCOC2)CC1. The molecule has 2 aromatic rings. The molecule has 2 aromatic heterocycles. The van der Waals surface area contributed by atoms with Crippen molar-refractivity contribution in [3.05, 3.63) is 47.0 Å². The minimum Gasteiger partial charge on any atom is -0.386 e. The van der Waals surface area contributed by atoms with Gasteiger partial charge in [0.25, 0.3) is 5.56 Å². The van der Waals surface area contributed by atoms with E-state index < -0.39 is 5.60 Å². The molecule has 1 aliphatic heterocycles. The first kappa shape index (κ1) is 18.3. The molecular formula is C20H26N4O3. The maximum absolute atomic E-state index is 12.3. The summed E-state index contributed by atoms with van der Waals surface area (Å²) >= 11 is 0. The Kier molecular flexibility index (Phi) is 5.33. The summed E-state index contributed by atoms with van der Waals surface area (Å²) in [6.45, 7) is 1.61. The number of hydrogen-bond acceptors (Lipinski definition) is 6. The van der Waals surface area contributed by atoms with Crippen molar-refractivity contribution in [3.8, 4) is 11.3 Å².